The molecule has 0 bridgehead atoms. The molecule has 1 N–H and O–H groups in total. The summed E-state index contributed by atoms with van der Waals surface area (Å²) in [6.07, 6.45) is 4.67. The zero-order valence-electron chi connectivity index (χ0n) is 14.9. The number of nitrogens with zero attached hydrogens (tertiary/aromatic N) is 1. The van der Waals surface area contributed by atoms with Crippen molar-refractivity contribution in [3.05, 3.63) is 33.8 Å². The molecule has 0 unspecified atom stereocenters. The van der Waals surface area contributed by atoms with Crippen LogP contribution in [0.15, 0.2) is 22.7 Å². The lowest BCUT2D eigenvalue weighted by atomic mass is 10.1. The molecule has 1 atom stereocenters. The van der Waals surface area contributed by atoms with E-state index in [-0.39, 0.29) is 29.3 Å². The molecular weight excluding hydrogens is 436 g/mol. The largest absolute Gasteiger partial charge is 0.352 e. The molecule has 1 fully saturated rings. The van der Waals surface area contributed by atoms with Gasteiger partial charge in [0, 0.05) is 16.8 Å². The van der Waals surface area contributed by atoms with Gasteiger partial charge in [-0.25, -0.2) is 8.42 Å². The van der Waals surface area contributed by atoms with Crippen LogP contribution in [0.3, 0.4) is 0 Å². The van der Waals surface area contributed by atoms with Crippen LogP contribution in [-0.2, 0) is 14.6 Å². The first-order valence-corrected chi connectivity index (χ1v) is 11.7. The minimum absolute atomic E-state index is 0.00237. The molecule has 3 amide bonds. The monoisotopic (exact) mass is 456 g/mol. The van der Waals surface area contributed by atoms with Crippen LogP contribution in [0.1, 0.15) is 52.8 Å². The third-order valence-corrected chi connectivity index (χ3v) is 6.43. The summed E-state index contributed by atoms with van der Waals surface area (Å²) in [6, 6.07) is 3.58. The lowest BCUT2D eigenvalue weighted by Crippen LogP contribution is -2.52. The van der Waals surface area contributed by atoms with Gasteiger partial charge in [-0.1, -0.05) is 28.8 Å². The molecule has 7 nitrogen and oxygen atoms in total. The van der Waals surface area contributed by atoms with Gasteiger partial charge in [-0.3, -0.25) is 19.3 Å². The zero-order chi connectivity index (χ0) is 19.8. The summed E-state index contributed by atoms with van der Waals surface area (Å²) in [6.45, 7) is 0. The molecule has 0 saturated heterocycles. The Balaban J connectivity index is 1.88. The Hall–Kier alpha value is -1.74. The second-order valence-corrected chi connectivity index (χ2v) is 10.3. The van der Waals surface area contributed by atoms with E-state index in [0.29, 0.717) is 4.47 Å². The Labute approximate surface area is 166 Å². The van der Waals surface area contributed by atoms with E-state index in [2.05, 4.69) is 21.2 Å². The molecular formula is C18H21BrN2O5S. The molecule has 146 valence electrons. The van der Waals surface area contributed by atoms with Crippen LogP contribution in [0.2, 0.25) is 0 Å². The van der Waals surface area contributed by atoms with Gasteiger partial charge in [0.25, 0.3) is 11.8 Å². The summed E-state index contributed by atoms with van der Waals surface area (Å²) in [5.41, 5.74) is 0.439. The van der Waals surface area contributed by atoms with E-state index in [1.54, 1.807) is 6.07 Å². The molecule has 9 heteroatoms. The van der Waals surface area contributed by atoms with Crippen LogP contribution in [0.25, 0.3) is 0 Å². The standard InChI is InChI=1S/C18H21BrN2O5S/c1-27(25,26)9-8-15(16(22)20-12-4-2-3-5-12)21-17(23)13-7-6-11(19)10-14(13)18(21)24/h6-7,10,12,15H,2-5,8-9H2,1H3,(H,20,22)/t15-/m0/s1. The third kappa shape index (κ3) is 4.40. The van der Waals surface area contributed by atoms with E-state index in [1.165, 1.54) is 12.1 Å². The average Bonchev–Trinajstić information content (AvgIpc) is 3.16. The molecule has 1 aliphatic heterocycles. The number of benzene rings is 1. The van der Waals surface area contributed by atoms with Gasteiger partial charge in [-0.15, -0.1) is 0 Å². The van der Waals surface area contributed by atoms with Crippen LogP contribution in [0, 0.1) is 0 Å². The van der Waals surface area contributed by atoms with Crippen molar-refractivity contribution in [2.24, 2.45) is 0 Å². The van der Waals surface area contributed by atoms with Gasteiger partial charge < -0.3 is 5.32 Å². The third-order valence-electron chi connectivity index (χ3n) is 4.96. The van der Waals surface area contributed by atoms with Gasteiger partial charge in [0.2, 0.25) is 5.91 Å². The number of carbonyl (C=O) groups is 3. The van der Waals surface area contributed by atoms with Gasteiger partial charge in [-0.05, 0) is 37.5 Å². The number of nitrogens with one attached hydrogen (secondary N) is 1. The molecule has 0 radical (unpaired) electrons. The first-order chi connectivity index (χ1) is 12.7. The lowest BCUT2D eigenvalue weighted by molar-refractivity contribution is -0.125. The van der Waals surface area contributed by atoms with E-state index < -0.39 is 33.6 Å². The van der Waals surface area contributed by atoms with Crippen molar-refractivity contribution in [3.8, 4) is 0 Å². The highest BCUT2D eigenvalue weighted by Gasteiger charge is 2.43. The highest BCUT2D eigenvalue weighted by molar-refractivity contribution is 9.10. The summed E-state index contributed by atoms with van der Waals surface area (Å²) in [7, 11) is -3.36. The summed E-state index contributed by atoms with van der Waals surface area (Å²) >= 11 is 3.27. The summed E-state index contributed by atoms with van der Waals surface area (Å²) < 4.78 is 23.9. The molecule has 3 rings (SSSR count). The Morgan fingerprint density at radius 3 is 2.48 bits per heavy atom. The SMILES string of the molecule is CS(=O)(=O)CC[C@@H](C(=O)NC1CCCC1)N1C(=O)c2ccc(Br)cc2C1=O. The quantitative estimate of drug-likeness (QED) is 0.658. The Morgan fingerprint density at radius 2 is 1.85 bits per heavy atom. The van der Waals surface area contributed by atoms with Crippen molar-refractivity contribution >= 4 is 43.5 Å². The molecule has 2 aliphatic rings. The van der Waals surface area contributed by atoms with Crippen LogP contribution < -0.4 is 5.32 Å². The summed E-state index contributed by atoms with van der Waals surface area (Å²) in [4.78, 5) is 39.4. The molecule has 1 saturated carbocycles. The first kappa shape index (κ1) is 20.0. The maximum atomic E-state index is 12.9. The minimum Gasteiger partial charge on any atom is -0.352 e. The molecule has 27 heavy (non-hydrogen) atoms. The fourth-order valence-corrected chi connectivity index (χ4v) is 4.60. The zero-order valence-corrected chi connectivity index (χ0v) is 17.3. The van der Waals surface area contributed by atoms with Crippen LogP contribution in [-0.4, -0.2) is 55.1 Å². The van der Waals surface area contributed by atoms with Crippen LogP contribution in [0.5, 0.6) is 0 Å². The van der Waals surface area contributed by atoms with E-state index in [0.717, 1.165) is 36.8 Å². The molecule has 1 aromatic carbocycles. The minimum atomic E-state index is -3.36. The molecule has 1 aliphatic carbocycles. The lowest BCUT2D eigenvalue weighted by Gasteiger charge is -2.26. The smallest absolute Gasteiger partial charge is 0.262 e. The number of fused-ring (bicyclic) bond motifs is 1. The van der Waals surface area contributed by atoms with Crippen LogP contribution >= 0.6 is 15.9 Å². The topological polar surface area (TPSA) is 101 Å². The fraction of sp³-hybridized carbons (Fsp3) is 0.500. The molecule has 1 heterocycles. The van der Waals surface area contributed by atoms with E-state index in [9.17, 15) is 22.8 Å². The highest BCUT2D eigenvalue weighted by Crippen LogP contribution is 2.29. The maximum absolute atomic E-state index is 12.9. The number of halogens is 1. The normalized spacial score (nSPS) is 18.7. The maximum Gasteiger partial charge on any atom is 0.262 e. The highest BCUT2D eigenvalue weighted by atomic mass is 79.9. The number of carbonyl (C=O) groups excluding carboxylic acids is 3. The number of sulfone groups is 1. The predicted molar refractivity (Wildman–Crippen MR) is 103 cm³/mol. The fourth-order valence-electron chi connectivity index (χ4n) is 3.59. The van der Waals surface area contributed by atoms with Crippen molar-refractivity contribution in [2.75, 3.05) is 12.0 Å². The van der Waals surface area contributed by atoms with Gasteiger partial charge in [-0.2, -0.15) is 0 Å². The van der Waals surface area contributed by atoms with E-state index >= 15 is 0 Å². The Kier molecular flexibility index (Phi) is 5.71. The molecule has 0 spiro atoms. The average molecular weight is 457 g/mol. The number of amides is 3. The second-order valence-electron chi connectivity index (χ2n) is 7.09. The number of imide groups is 1. The second kappa shape index (κ2) is 7.71. The molecule has 0 aromatic heterocycles. The number of hydrogen-bond acceptors (Lipinski definition) is 5. The Bertz CT molecular complexity index is 893. The predicted octanol–water partition coefficient (Wildman–Crippen LogP) is 1.91. The van der Waals surface area contributed by atoms with E-state index in [4.69, 9.17) is 0 Å². The summed E-state index contributed by atoms with van der Waals surface area (Å²) in [5, 5.41) is 2.88. The van der Waals surface area contributed by atoms with Crippen molar-refractivity contribution in [3.63, 3.8) is 0 Å². The van der Waals surface area contributed by atoms with Gasteiger partial charge in [0.05, 0.1) is 16.9 Å². The number of rotatable bonds is 6. The Morgan fingerprint density at radius 1 is 1.22 bits per heavy atom. The van der Waals surface area contributed by atoms with Crippen LogP contribution in [0.4, 0.5) is 0 Å². The van der Waals surface area contributed by atoms with Gasteiger partial charge in [0.1, 0.15) is 15.9 Å². The van der Waals surface area contributed by atoms with Crippen molar-refractivity contribution in [2.45, 2.75) is 44.2 Å². The first-order valence-electron chi connectivity index (χ1n) is 8.83. The van der Waals surface area contributed by atoms with E-state index in [1.807, 2.05) is 0 Å². The molecule has 1 aromatic rings. The van der Waals surface area contributed by atoms with Crippen molar-refractivity contribution < 1.29 is 22.8 Å². The van der Waals surface area contributed by atoms with Crippen molar-refractivity contribution in [1.29, 1.82) is 0 Å². The van der Waals surface area contributed by atoms with Gasteiger partial charge >= 0.3 is 0 Å². The number of hydrogen-bond donors (Lipinski definition) is 1. The summed E-state index contributed by atoms with van der Waals surface area (Å²) in [5.74, 6) is -1.90. The van der Waals surface area contributed by atoms with Gasteiger partial charge in [0.15, 0.2) is 0 Å². The van der Waals surface area contributed by atoms with Crippen molar-refractivity contribution in [1.82, 2.24) is 10.2 Å².